The molecule has 0 saturated carbocycles. The van der Waals surface area contributed by atoms with Crippen molar-refractivity contribution < 1.29 is 19.5 Å². The molecule has 0 spiro atoms. The van der Waals surface area contributed by atoms with Crippen LogP contribution in [-0.2, 0) is 9.59 Å². The van der Waals surface area contributed by atoms with Crippen LogP contribution in [0.1, 0.15) is 29.8 Å². The number of aliphatic carboxylic acids is 1. The molecule has 0 aliphatic rings. The smallest absolute Gasteiger partial charge is 0.308 e. The highest BCUT2D eigenvalue weighted by Gasteiger charge is 2.20. The summed E-state index contributed by atoms with van der Waals surface area (Å²) in [5.74, 6) is -2.07. The van der Waals surface area contributed by atoms with Gasteiger partial charge >= 0.3 is 5.97 Å². The van der Waals surface area contributed by atoms with Gasteiger partial charge in [0.1, 0.15) is 0 Å². The zero-order valence-corrected chi connectivity index (χ0v) is 12.6. The van der Waals surface area contributed by atoms with Gasteiger partial charge < -0.3 is 15.3 Å². The lowest BCUT2D eigenvalue weighted by atomic mass is 10.1. The first-order valence-corrected chi connectivity index (χ1v) is 6.59. The van der Waals surface area contributed by atoms with Crippen LogP contribution in [0.15, 0.2) is 18.2 Å². The van der Waals surface area contributed by atoms with Crippen LogP contribution in [-0.4, -0.2) is 41.4 Å². The second-order valence-electron chi connectivity index (χ2n) is 5.14. The Hall–Kier alpha value is -2.37. The molecule has 6 heteroatoms. The van der Waals surface area contributed by atoms with E-state index in [1.54, 1.807) is 39.1 Å². The average Bonchev–Trinajstić information content (AvgIpc) is 2.39. The van der Waals surface area contributed by atoms with Gasteiger partial charge in [0.05, 0.1) is 5.92 Å². The SMILES string of the molecule is CC(=O)Nc1ccc(C)c(C(=O)N(C)CC(C)C(=O)O)c1. The Bertz CT molecular complexity index is 569. The van der Waals surface area contributed by atoms with Crippen molar-refractivity contribution in [2.24, 2.45) is 5.92 Å². The molecule has 0 bridgehead atoms. The summed E-state index contributed by atoms with van der Waals surface area (Å²) < 4.78 is 0. The standard InChI is InChI=1S/C15H20N2O4/c1-9-5-6-12(16-11(3)18)7-13(9)14(19)17(4)8-10(2)15(20)21/h5-7,10H,8H2,1-4H3,(H,16,18)(H,20,21). The minimum absolute atomic E-state index is 0.123. The molecule has 2 N–H and O–H groups in total. The molecule has 1 aromatic carbocycles. The molecule has 6 nitrogen and oxygen atoms in total. The van der Waals surface area contributed by atoms with E-state index < -0.39 is 11.9 Å². The number of hydrogen-bond acceptors (Lipinski definition) is 3. The fraction of sp³-hybridized carbons (Fsp3) is 0.400. The maximum absolute atomic E-state index is 12.4. The maximum Gasteiger partial charge on any atom is 0.308 e. The maximum atomic E-state index is 12.4. The Morgan fingerprint density at radius 3 is 2.48 bits per heavy atom. The zero-order chi connectivity index (χ0) is 16.2. The first-order valence-electron chi connectivity index (χ1n) is 6.59. The molecule has 2 amide bonds. The Kier molecular flexibility index (Phi) is 5.46. The van der Waals surface area contributed by atoms with Crippen molar-refractivity contribution >= 4 is 23.5 Å². The van der Waals surface area contributed by atoms with E-state index >= 15 is 0 Å². The molecule has 0 saturated heterocycles. The van der Waals surface area contributed by atoms with E-state index in [0.29, 0.717) is 11.3 Å². The number of nitrogens with one attached hydrogen (secondary N) is 1. The number of carboxylic acids is 1. The van der Waals surface area contributed by atoms with Gasteiger partial charge in [-0.2, -0.15) is 0 Å². The molecule has 1 atom stereocenters. The van der Waals surface area contributed by atoms with Gasteiger partial charge in [0.2, 0.25) is 5.91 Å². The van der Waals surface area contributed by atoms with Crippen LogP contribution >= 0.6 is 0 Å². The number of nitrogens with zero attached hydrogens (tertiary/aromatic N) is 1. The minimum Gasteiger partial charge on any atom is -0.481 e. The average molecular weight is 292 g/mol. The second kappa shape index (κ2) is 6.88. The highest BCUT2D eigenvalue weighted by atomic mass is 16.4. The Labute approximate surface area is 123 Å². The summed E-state index contributed by atoms with van der Waals surface area (Å²) in [5, 5.41) is 11.5. The van der Waals surface area contributed by atoms with Crippen LogP contribution < -0.4 is 5.32 Å². The predicted octanol–water partition coefficient (Wildman–Crippen LogP) is 1.75. The van der Waals surface area contributed by atoms with Crippen molar-refractivity contribution in [2.45, 2.75) is 20.8 Å². The molecule has 0 aromatic heterocycles. The topological polar surface area (TPSA) is 86.7 Å². The molecule has 0 fully saturated rings. The molecular weight excluding hydrogens is 272 g/mol. The molecule has 0 radical (unpaired) electrons. The number of aryl methyl sites for hydroxylation is 1. The van der Waals surface area contributed by atoms with E-state index in [1.165, 1.54) is 11.8 Å². The quantitative estimate of drug-likeness (QED) is 0.865. The summed E-state index contributed by atoms with van der Waals surface area (Å²) in [7, 11) is 1.56. The molecule has 1 aromatic rings. The van der Waals surface area contributed by atoms with Crippen LogP contribution in [0.2, 0.25) is 0 Å². The molecule has 0 aliphatic carbocycles. The van der Waals surface area contributed by atoms with Gasteiger partial charge in [-0.3, -0.25) is 14.4 Å². The number of hydrogen-bond donors (Lipinski definition) is 2. The monoisotopic (exact) mass is 292 g/mol. The van der Waals surface area contributed by atoms with E-state index in [2.05, 4.69) is 5.32 Å². The summed E-state index contributed by atoms with van der Waals surface area (Å²) in [4.78, 5) is 35.7. The molecular formula is C15H20N2O4. The van der Waals surface area contributed by atoms with Gasteiger partial charge in [0, 0.05) is 31.8 Å². The van der Waals surface area contributed by atoms with Crippen molar-refractivity contribution in [2.75, 3.05) is 18.9 Å². The first kappa shape index (κ1) is 16.7. The van der Waals surface area contributed by atoms with Gasteiger partial charge in [0.15, 0.2) is 0 Å². The first-order chi connectivity index (χ1) is 9.72. The van der Waals surface area contributed by atoms with Gasteiger partial charge in [-0.15, -0.1) is 0 Å². The van der Waals surface area contributed by atoms with E-state index in [0.717, 1.165) is 5.56 Å². The molecule has 0 aliphatic heterocycles. The fourth-order valence-corrected chi connectivity index (χ4v) is 1.91. The number of carboxylic acid groups (broad SMARTS) is 1. The van der Waals surface area contributed by atoms with Crippen molar-refractivity contribution in [3.63, 3.8) is 0 Å². The Balaban J connectivity index is 2.95. The van der Waals surface area contributed by atoms with Crippen LogP contribution in [0.25, 0.3) is 0 Å². The molecule has 114 valence electrons. The van der Waals surface area contributed by atoms with E-state index in [9.17, 15) is 14.4 Å². The lowest BCUT2D eigenvalue weighted by molar-refractivity contribution is -0.141. The number of amides is 2. The lowest BCUT2D eigenvalue weighted by Gasteiger charge is -2.21. The van der Waals surface area contributed by atoms with E-state index in [4.69, 9.17) is 5.11 Å². The third-order valence-electron chi connectivity index (χ3n) is 3.10. The van der Waals surface area contributed by atoms with Crippen LogP contribution in [0, 0.1) is 12.8 Å². The molecule has 21 heavy (non-hydrogen) atoms. The normalized spacial score (nSPS) is 11.6. The summed E-state index contributed by atoms with van der Waals surface area (Å²) >= 11 is 0. The van der Waals surface area contributed by atoms with Crippen molar-refractivity contribution in [3.8, 4) is 0 Å². The van der Waals surface area contributed by atoms with E-state index in [-0.39, 0.29) is 18.4 Å². The van der Waals surface area contributed by atoms with Crippen LogP contribution in [0.3, 0.4) is 0 Å². The summed E-state index contributed by atoms with van der Waals surface area (Å²) in [5.41, 5.74) is 1.75. The van der Waals surface area contributed by atoms with Gasteiger partial charge in [-0.1, -0.05) is 13.0 Å². The van der Waals surface area contributed by atoms with Gasteiger partial charge in [-0.05, 0) is 24.6 Å². The van der Waals surface area contributed by atoms with Crippen molar-refractivity contribution in [1.29, 1.82) is 0 Å². The third-order valence-corrected chi connectivity index (χ3v) is 3.10. The molecule has 1 rings (SSSR count). The Morgan fingerprint density at radius 1 is 1.33 bits per heavy atom. The fourth-order valence-electron chi connectivity index (χ4n) is 1.91. The molecule has 1 unspecified atom stereocenters. The number of carbonyl (C=O) groups excluding carboxylic acids is 2. The Morgan fingerprint density at radius 2 is 1.95 bits per heavy atom. The summed E-state index contributed by atoms with van der Waals surface area (Å²) in [6.07, 6.45) is 0. The van der Waals surface area contributed by atoms with Crippen molar-refractivity contribution in [3.05, 3.63) is 29.3 Å². The highest BCUT2D eigenvalue weighted by molar-refractivity contribution is 5.98. The second-order valence-corrected chi connectivity index (χ2v) is 5.14. The number of benzene rings is 1. The number of anilines is 1. The number of rotatable bonds is 5. The minimum atomic E-state index is -0.946. The third kappa shape index (κ3) is 4.59. The summed E-state index contributed by atoms with van der Waals surface area (Å²) in [6.45, 7) is 4.85. The van der Waals surface area contributed by atoms with Crippen LogP contribution in [0.4, 0.5) is 5.69 Å². The van der Waals surface area contributed by atoms with Gasteiger partial charge in [0.25, 0.3) is 5.91 Å². The van der Waals surface area contributed by atoms with Crippen molar-refractivity contribution in [1.82, 2.24) is 4.90 Å². The van der Waals surface area contributed by atoms with Gasteiger partial charge in [-0.25, -0.2) is 0 Å². The lowest BCUT2D eigenvalue weighted by Crippen LogP contribution is -2.34. The largest absolute Gasteiger partial charge is 0.481 e. The zero-order valence-electron chi connectivity index (χ0n) is 12.6. The highest BCUT2D eigenvalue weighted by Crippen LogP contribution is 2.17. The van der Waals surface area contributed by atoms with Crippen LogP contribution in [0.5, 0.6) is 0 Å². The van der Waals surface area contributed by atoms with E-state index in [1.807, 2.05) is 0 Å². The summed E-state index contributed by atoms with van der Waals surface area (Å²) in [6, 6.07) is 5.06. The molecule has 0 heterocycles. The predicted molar refractivity (Wildman–Crippen MR) is 79.2 cm³/mol. The number of carbonyl (C=O) groups is 3.